The normalized spacial score (nSPS) is 14.5. The van der Waals surface area contributed by atoms with E-state index in [2.05, 4.69) is 20.6 Å². The third-order valence-electron chi connectivity index (χ3n) is 7.21. The molecule has 1 fully saturated rings. The Hall–Kier alpha value is -4.68. The summed E-state index contributed by atoms with van der Waals surface area (Å²) >= 11 is 0. The number of hydrogen-bond acceptors (Lipinski definition) is 7. The fraction of sp³-hybridized carbons (Fsp3) is 0.406. The predicted octanol–water partition coefficient (Wildman–Crippen LogP) is 5.35. The fourth-order valence-electron chi connectivity index (χ4n) is 4.81. The molecule has 3 amide bonds. The van der Waals surface area contributed by atoms with Crippen molar-refractivity contribution in [2.24, 2.45) is 0 Å². The highest BCUT2D eigenvalue weighted by molar-refractivity contribution is 5.92. The number of aromatic nitrogens is 2. The van der Waals surface area contributed by atoms with Gasteiger partial charge in [-0.1, -0.05) is 30.3 Å². The summed E-state index contributed by atoms with van der Waals surface area (Å²) in [4.78, 5) is 49.2. The van der Waals surface area contributed by atoms with Gasteiger partial charge in [0.25, 0.3) is 5.91 Å². The minimum atomic E-state index is -4.55. The van der Waals surface area contributed by atoms with Crippen molar-refractivity contribution < 1.29 is 32.3 Å². The van der Waals surface area contributed by atoms with Gasteiger partial charge in [-0.15, -0.1) is 0 Å². The molecule has 240 valence electrons. The summed E-state index contributed by atoms with van der Waals surface area (Å²) in [6.45, 7) is 10.6. The van der Waals surface area contributed by atoms with Crippen molar-refractivity contribution in [2.75, 3.05) is 31.1 Å². The lowest BCUT2D eigenvalue weighted by molar-refractivity contribution is -0.137. The second kappa shape index (κ2) is 13.5. The number of amides is 3. The molecule has 0 aliphatic carbocycles. The van der Waals surface area contributed by atoms with E-state index >= 15 is 0 Å². The van der Waals surface area contributed by atoms with E-state index in [-0.39, 0.29) is 18.1 Å². The Morgan fingerprint density at radius 3 is 2.24 bits per heavy atom. The summed E-state index contributed by atoms with van der Waals surface area (Å²) in [7, 11) is 0. The monoisotopic (exact) mass is 626 g/mol. The molecule has 45 heavy (non-hydrogen) atoms. The molecule has 13 heteroatoms. The van der Waals surface area contributed by atoms with Crippen molar-refractivity contribution in [2.45, 2.75) is 59.0 Å². The van der Waals surface area contributed by atoms with E-state index in [1.165, 1.54) is 25.3 Å². The maximum absolute atomic E-state index is 13.6. The lowest BCUT2D eigenvalue weighted by atomic mass is 9.95. The van der Waals surface area contributed by atoms with Crippen molar-refractivity contribution in [1.82, 2.24) is 25.5 Å². The Morgan fingerprint density at radius 2 is 1.64 bits per heavy atom. The quantitative estimate of drug-likeness (QED) is 0.363. The van der Waals surface area contributed by atoms with E-state index < -0.39 is 35.4 Å². The molecule has 2 N–H and O–H groups in total. The van der Waals surface area contributed by atoms with Crippen LogP contribution in [-0.4, -0.2) is 64.6 Å². The maximum atomic E-state index is 13.6. The lowest BCUT2D eigenvalue weighted by Crippen LogP contribution is -2.48. The van der Waals surface area contributed by atoms with Crippen LogP contribution in [0.3, 0.4) is 0 Å². The SMILES string of the molecule is CC(=O)N1CCN(c2nccc(C(=O)N[C@H](C)c3ccc(-c4cc(C(F)(F)F)ccc4CNC(=O)OC(C)(C)C)cc3)n2)CC1. The van der Waals surface area contributed by atoms with Crippen LogP contribution in [0.25, 0.3) is 11.1 Å². The molecular formula is C32H37F3N6O4. The minimum absolute atomic E-state index is 0.0104. The third-order valence-corrected chi connectivity index (χ3v) is 7.21. The Morgan fingerprint density at radius 1 is 0.978 bits per heavy atom. The predicted molar refractivity (Wildman–Crippen MR) is 162 cm³/mol. The van der Waals surface area contributed by atoms with Crippen LogP contribution in [0.5, 0.6) is 0 Å². The largest absolute Gasteiger partial charge is 0.444 e. The van der Waals surface area contributed by atoms with Crippen LogP contribution in [0.1, 0.15) is 67.8 Å². The van der Waals surface area contributed by atoms with E-state index in [9.17, 15) is 27.6 Å². The highest BCUT2D eigenvalue weighted by Crippen LogP contribution is 2.34. The molecule has 2 heterocycles. The number of ether oxygens (including phenoxy) is 1. The van der Waals surface area contributed by atoms with Crippen LogP contribution in [0.4, 0.5) is 23.9 Å². The van der Waals surface area contributed by atoms with E-state index in [4.69, 9.17) is 4.74 Å². The summed E-state index contributed by atoms with van der Waals surface area (Å²) in [6, 6.07) is 11.2. The van der Waals surface area contributed by atoms with Crippen LogP contribution >= 0.6 is 0 Å². The van der Waals surface area contributed by atoms with Crippen molar-refractivity contribution in [1.29, 1.82) is 0 Å². The van der Waals surface area contributed by atoms with Crippen molar-refractivity contribution in [3.05, 3.63) is 77.1 Å². The Balaban J connectivity index is 1.46. The number of alkyl carbamates (subject to hydrolysis) is 1. The molecule has 1 aromatic heterocycles. The van der Waals surface area contributed by atoms with Crippen molar-refractivity contribution in [3.63, 3.8) is 0 Å². The van der Waals surface area contributed by atoms with Crippen LogP contribution in [-0.2, 0) is 22.3 Å². The van der Waals surface area contributed by atoms with E-state index in [0.29, 0.717) is 48.8 Å². The number of hydrogen-bond donors (Lipinski definition) is 2. The second-order valence-corrected chi connectivity index (χ2v) is 11.8. The molecule has 1 atom stereocenters. The third kappa shape index (κ3) is 8.93. The summed E-state index contributed by atoms with van der Waals surface area (Å²) in [6.07, 6.45) is -3.72. The number of halogens is 3. The van der Waals surface area contributed by atoms with Gasteiger partial charge in [0.2, 0.25) is 11.9 Å². The highest BCUT2D eigenvalue weighted by atomic mass is 19.4. The van der Waals surface area contributed by atoms with Gasteiger partial charge in [0.15, 0.2) is 0 Å². The summed E-state index contributed by atoms with van der Waals surface area (Å²) in [5.41, 5.74) is 0.665. The number of carbonyl (C=O) groups excluding carboxylic acids is 3. The van der Waals surface area contributed by atoms with Gasteiger partial charge in [-0.2, -0.15) is 13.2 Å². The molecule has 10 nitrogen and oxygen atoms in total. The Kier molecular flexibility index (Phi) is 9.99. The molecule has 0 unspecified atom stereocenters. The number of rotatable bonds is 7. The van der Waals surface area contributed by atoms with Gasteiger partial charge >= 0.3 is 12.3 Å². The van der Waals surface area contributed by atoms with Gasteiger partial charge in [-0.3, -0.25) is 9.59 Å². The number of anilines is 1. The number of alkyl halides is 3. The van der Waals surface area contributed by atoms with Crippen LogP contribution in [0.15, 0.2) is 54.7 Å². The summed E-state index contributed by atoms with van der Waals surface area (Å²) < 4.78 is 45.9. The second-order valence-electron chi connectivity index (χ2n) is 11.8. The van der Waals surface area contributed by atoms with E-state index in [1.807, 2.05) is 4.90 Å². The number of nitrogens with one attached hydrogen (secondary N) is 2. The Bertz CT molecular complexity index is 1530. The molecule has 0 bridgehead atoms. The molecule has 1 aliphatic heterocycles. The molecule has 3 aromatic rings. The fourth-order valence-corrected chi connectivity index (χ4v) is 4.81. The number of benzene rings is 2. The van der Waals surface area contributed by atoms with Crippen LogP contribution < -0.4 is 15.5 Å². The standard InChI is InChI=1S/C32H37F3N6O4/c1-20(38-28(43)27-12-13-36-29(39-27)41-16-14-40(15-17-41)21(2)42)22-6-8-23(9-7-22)26-18-25(32(33,34)35)11-10-24(26)19-37-30(44)45-31(3,4)5/h6-13,18,20H,14-17,19H2,1-5H3,(H,37,44)(H,38,43)/t20-/m1/s1. The van der Waals surface area contributed by atoms with Crippen molar-refractivity contribution in [3.8, 4) is 11.1 Å². The van der Waals surface area contributed by atoms with Gasteiger partial charge < -0.3 is 25.2 Å². The topological polar surface area (TPSA) is 117 Å². The smallest absolute Gasteiger partial charge is 0.416 e. The molecule has 0 spiro atoms. The summed E-state index contributed by atoms with van der Waals surface area (Å²) in [5.74, 6) is 0.00285. The number of nitrogens with zero attached hydrogens (tertiary/aromatic N) is 4. The Labute approximate surface area is 260 Å². The molecule has 0 saturated carbocycles. The van der Waals surface area contributed by atoms with Gasteiger partial charge in [0, 0.05) is 45.8 Å². The van der Waals surface area contributed by atoms with E-state index in [1.54, 1.807) is 56.9 Å². The molecule has 2 aromatic carbocycles. The molecule has 1 aliphatic rings. The molecule has 4 rings (SSSR count). The van der Waals surface area contributed by atoms with Gasteiger partial charge in [0.1, 0.15) is 11.3 Å². The minimum Gasteiger partial charge on any atom is -0.444 e. The molecule has 0 radical (unpaired) electrons. The van der Waals surface area contributed by atoms with Gasteiger partial charge in [-0.25, -0.2) is 14.8 Å². The van der Waals surface area contributed by atoms with Crippen molar-refractivity contribution >= 4 is 23.9 Å². The first kappa shape index (κ1) is 33.2. The highest BCUT2D eigenvalue weighted by Gasteiger charge is 2.31. The average molecular weight is 627 g/mol. The maximum Gasteiger partial charge on any atom is 0.416 e. The number of piperazine rings is 1. The zero-order valence-electron chi connectivity index (χ0n) is 25.9. The zero-order valence-corrected chi connectivity index (χ0v) is 25.9. The van der Waals surface area contributed by atoms with Crippen LogP contribution in [0.2, 0.25) is 0 Å². The van der Waals surface area contributed by atoms with Gasteiger partial charge in [-0.05, 0) is 68.1 Å². The molecule has 1 saturated heterocycles. The summed E-state index contributed by atoms with van der Waals surface area (Å²) in [5, 5.41) is 5.51. The zero-order chi connectivity index (χ0) is 32.9. The van der Waals surface area contributed by atoms with Crippen LogP contribution in [0, 0.1) is 0 Å². The lowest BCUT2D eigenvalue weighted by Gasteiger charge is -2.34. The first-order valence-corrected chi connectivity index (χ1v) is 14.5. The average Bonchev–Trinajstić information content (AvgIpc) is 2.98. The number of carbonyl (C=O) groups is 3. The first-order valence-electron chi connectivity index (χ1n) is 14.5. The molecular weight excluding hydrogens is 589 g/mol. The van der Waals surface area contributed by atoms with E-state index in [0.717, 1.165) is 17.7 Å². The van der Waals surface area contributed by atoms with Gasteiger partial charge in [0.05, 0.1) is 11.6 Å². The first-order chi connectivity index (χ1) is 21.1.